The summed E-state index contributed by atoms with van der Waals surface area (Å²) in [7, 11) is 0. The Bertz CT molecular complexity index is 557. The summed E-state index contributed by atoms with van der Waals surface area (Å²) in [6.45, 7) is 4.06. The third-order valence-corrected chi connectivity index (χ3v) is 6.13. The molecular formula is C25H46O9. The molecule has 0 radical (unpaired) electrons. The zero-order valence-electron chi connectivity index (χ0n) is 20.9. The van der Waals surface area contributed by atoms with Crippen LogP contribution in [-0.4, -0.2) is 75.8 Å². The number of ether oxygens (including phenoxy) is 3. The molecule has 9 heteroatoms. The predicted octanol–water partition coefficient (Wildman–Crippen LogP) is 3.31. The fourth-order valence-electron chi connectivity index (χ4n) is 4.08. The van der Waals surface area contributed by atoms with E-state index in [1.807, 2.05) is 0 Å². The zero-order chi connectivity index (χ0) is 25.3. The normalized spacial score (nSPS) is 24.5. The van der Waals surface area contributed by atoms with Gasteiger partial charge in [0.05, 0.1) is 25.6 Å². The van der Waals surface area contributed by atoms with Gasteiger partial charge in [0.2, 0.25) is 0 Å². The van der Waals surface area contributed by atoms with Crippen LogP contribution in [0.4, 0.5) is 0 Å². The smallest absolute Gasteiger partial charge is 0.308 e. The van der Waals surface area contributed by atoms with Crippen molar-refractivity contribution in [2.75, 3.05) is 6.61 Å². The van der Waals surface area contributed by atoms with E-state index in [0.717, 1.165) is 64.2 Å². The van der Waals surface area contributed by atoms with Crippen molar-refractivity contribution in [1.29, 1.82) is 0 Å². The Morgan fingerprint density at radius 2 is 1.38 bits per heavy atom. The van der Waals surface area contributed by atoms with E-state index in [1.54, 1.807) is 0 Å². The molecule has 0 saturated carbocycles. The van der Waals surface area contributed by atoms with Crippen molar-refractivity contribution in [3.8, 4) is 0 Å². The summed E-state index contributed by atoms with van der Waals surface area (Å²) in [6.07, 6.45) is 4.32. The average molecular weight is 491 g/mol. The summed E-state index contributed by atoms with van der Waals surface area (Å²) in [5.41, 5.74) is 0. The van der Waals surface area contributed by atoms with Gasteiger partial charge in [0, 0.05) is 0 Å². The summed E-state index contributed by atoms with van der Waals surface area (Å²) in [6, 6.07) is 0. The summed E-state index contributed by atoms with van der Waals surface area (Å²) in [5.74, 6) is -1.56. The lowest BCUT2D eigenvalue weighted by Crippen LogP contribution is -2.54. The van der Waals surface area contributed by atoms with Crippen molar-refractivity contribution in [1.82, 2.24) is 0 Å². The number of carbonyl (C=O) groups excluding carboxylic acids is 1. The molecule has 0 amide bonds. The second kappa shape index (κ2) is 18.1. The van der Waals surface area contributed by atoms with Crippen LogP contribution in [0.3, 0.4) is 0 Å². The Hall–Kier alpha value is -1.26. The van der Waals surface area contributed by atoms with Crippen molar-refractivity contribution < 1.29 is 44.2 Å². The van der Waals surface area contributed by atoms with E-state index in [4.69, 9.17) is 14.2 Å². The van der Waals surface area contributed by atoms with Crippen LogP contribution in [0.1, 0.15) is 104 Å². The standard InChI is InChI=1S/C25H46O9/c1-3-5-7-9-11-13-18(15-21(27)28)33-22(29)16-19(14-12-10-8-6-4-2)34-25-24(31)23(30)20(26)17-32-25/h18-20,23-26,30-31H,3-17H2,1-2H3,(H,27,28)/t18?,19?,20-,23+,24-,25?/m1/s1. The lowest BCUT2D eigenvalue weighted by atomic mass is 10.0. The van der Waals surface area contributed by atoms with E-state index in [9.17, 15) is 30.0 Å². The molecule has 1 fully saturated rings. The van der Waals surface area contributed by atoms with E-state index in [1.165, 1.54) is 0 Å². The minimum atomic E-state index is -1.44. The highest BCUT2D eigenvalue weighted by molar-refractivity contribution is 5.72. The number of unbranched alkanes of at least 4 members (excludes halogenated alkanes) is 8. The molecule has 0 aromatic carbocycles. The molecule has 1 aliphatic rings. The summed E-state index contributed by atoms with van der Waals surface area (Å²) in [4.78, 5) is 23.9. The number of esters is 1. The number of aliphatic carboxylic acids is 1. The maximum Gasteiger partial charge on any atom is 0.308 e. The first-order chi connectivity index (χ1) is 16.3. The van der Waals surface area contributed by atoms with Crippen LogP contribution in [-0.2, 0) is 23.8 Å². The van der Waals surface area contributed by atoms with E-state index < -0.39 is 48.7 Å². The zero-order valence-corrected chi connectivity index (χ0v) is 20.9. The lowest BCUT2D eigenvalue weighted by molar-refractivity contribution is -0.283. The van der Waals surface area contributed by atoms with Crippen LogP contribution in [0.15, 0.2) is 0 Å². The number of hydrogen-bond acceptors (Lipinski definition) is 8. The van der Waals surface area contributed by atoms with E-state index in [-0.39, 0.29) is 19.4 Å². The van der Waals surface area contributed by atoms with Gasteiger partial charge in [-0.3, -0.25) is 9.59 Å². The largest absolute Gasteiger partial charge is 0.481 e. The number of carboxylic acid groups (broad SMARTS) is 1. The molecule has 0 bridgehead atoms. The summed E-state index contributed by atoms with van der Waals surface area (Å²) >= 11 is 0. The molecule has 1 heterocycles. The molecule has 0 aromatic heterocycles. The Kier molecular flexibility index (Phi) is 16.4. The molecule has 1 saturated heterocycles. The number of hydrogen-bond donors (Lipinski definition) is 4. The highest BCUT2D eigenvalue weighted by atomic mass is 16.7. The van der Waals surface area contributed by atoms with Gasteiger partial charge >= 0.3 is 11.9 Å². The second-order valence-corrected chi connectivity index (χ2v) is 9.33. The minimum Gasteiger partial charge on any atom is -0.481 e. The van der Waals surface area contributed by atoms with Gasteiger partial charge < -0.3 is 34.6 Å². The van der Waals surface area contributed by atoms with Gasteiger partial charge in [-0.1, -0.05) is 71.6 Å². The van der Waals surface area contributed by atoms with Crippen LogP contribution in [0.25, 0.3) is 0 Å². The molecular weight excluding hydrogens is 444 g/mol. The number of rotatable bonds is 19. The monoisotopic (exact) mass is 490 g/mol. The number of carboxylic acids is 1. The lowest BCUT2D eigenvalue weighted by Gasteiger charge is -2.36. The molecule has 0 spiro atoms. The summed E-state index contributed by atoms with van der Waals surface area (Å²) < 4.78 is 16.7. The van der Waals surface area contributed by atoms with Gasteiger partial charge in [0.1, 0.15) is 24.4 Å². The van der Waals surface area contributed by atoms with Crippen molar-refractivity contribution in [3.63, 3.8) is 0 Å². The summed E-state index contributed by atoms with van der Waals surface area (Å²) in [5, 5.41) is 39.0. The van der Waals surface area contributed by atoms with Crippen molar-refractivity contribution in [2.45, 2.75) is 141 Å². The number of aliphatic hydroxyl groups excluding tert-OH is 3. The number of aliphatic hydroxyl groups is 3. The predicted molar refractivity (Wildman–Crippen MR) is 126 cm³/mol. The molecule has 1 aliphatic heterocycles. The maximum absolute atomic E-state index is 12.7. The molecule has 3 unspecified atom stereocenters. The average Bonchev–Trinajstić information content (AvgIpc) is 2.78. The minimum absolute atomic E-state index is 0.106. The number of carbonyl (C=O) groups is 2. The second-order valence-electron chi connectivity index (χ2n) is 9.33. The Morgan fingerprint density at radius 1 is 0.824 bits per heavy atom. The van der Waals surface area contributed by atoms with Crippen LogP contribution >= 0.6 is 0 Å². The van der Waals surface area contributed by atoms with Crippen LogP contribution in [0.5, 0.6) is 0 Å². The fraction of sp³-hybridized carbons (Fsp3) is 0.920. The molecule has 34 heavy (non-hydrogen) atoms. The van der Waals surface area contributed by atoms with Gasteiger partial charge in [0.25, 0.3) is 0 Å². The van der Waals surface area contributed by atoms with Crippen LogP contribution in [0, 0.1) is 0 Å². The molecule has 0 aromatic rings. The van der Waals surface area contributed by atoms with Gasteiger partial charge in [-0.05, 0) is 19.3 Å². The quantitative estimate of drug-likeness (QED) is 0.158. The fourth-order valence-corrected chi connectivity index (χ4v) is 4.08. The Labute approximate surface area is 203 Å². The Balaban J connectivity index is 2.66. The maximum atomic E-state index is 12.7. The third-order valence-electron chi connectivity index (χ3n) is 6.13. The van der Waals surface area contributed by atoms with Crippen molar-refractivity contribution >= 4 is 11.9 Å². The molecule has 4 N–H and O–H groups in total. The van der Waals surface area contributed by atoms with Crippen LogP contribution in [0.2, 0.25) is 0 Å². The van der Waals surface area contributed by atoms with Crippen LogP contribution < -0.4 is 0 Å². The highest BCUT2D eigenvalue weighted by Gasteiger charge is 2.39. The molecule has 1 rings (SSSR count). The van der Waals surface area contributed by atoms with E-state index in [2.05, 4.69) is 13.8 Å². The molecule has 200 valence electrons. The Morgan fingerprint density at radius 3 is 1.94 bits per heavy atom. The van der Waals surface area contributed by atoms with E-state index >= 15 is 0 Å². The SMILES string of the molecule is CCCCCCCC(CC(=O)O)OC(=O)CC(CCCCCCC)OC1OC[C@@H](O)[C@H](O)[C@H]1O. The van der Waals surface area contributed by atoms with Gasteiger partial charge in [-0.15, -0.1) is 0 Å². The first-order valence-corrected chi connectivity index (χ1v) is 13.0. The molecule has 0 aliphatic carbocycles. The third kappa shape index (κ3) is 13.0. The molecule has 6 atom stereocenters. The highest BCUT2D eigenvalue weighted by Crippen LogP contribution is 2.22. The van der Waals surface area contributed by atoms with Crippen molar-refractivity contribution in [2.24, 2.45) is 0 Å². The van der Waals surface area contributed by atoms with Gasteiger partial charge in [0.15, 0.2) is 6.29 Å². The van der Waals surface area contributed by atoms with E-state index in [0.29, 0.717) is 12.8 Å². The van der Waals surface area contributed by atoms with Crippen molar-refractivity contribution in [3.05, 3.63) is 0 Å². The molecule has 9 nitrogen and oxygen atoms in total. The van der Waals surface area contributed by atoms with Gasteiger partial charge in [-0.25, -0.2) is 0 Å². The first kappa shape index (κ1) is 30.8. The topological polar surface area (TPSA) is 143 Å². The first-order valence-electron chi connectivity index (χ1n) is 13.0. The van der Waals surface area contributed by atoms with Gasteiger partial charge in [-0.2, -0.15) is 0 Å².